The van der Waals surface area contributed by atoms with Crippen LogP contribution in [0.15, 0.2) is 48.5 Å². The number of nitrogens with one attached hydrogen (secondary N) is 1. The largest absolute Gasteiger partial charge is 0.497 e. The average molecular weight is 381 g/mol. The second-order valence-corrected chi connectivity index (χ2v) is 6.63. The van der Waals surface area contributed by atoms with Gasteiger partial charge in [-0.2, -0.15) is 0 Å². The Morgan fingerprint density at radius 3 is 2.61 bits per heavy atom. The van der Waals surface area contributed by atoms with Crippen LogP contribution in [0.3, 0.4) is 0 Å². The van der Waals surface area contributed by atoms with Crippen molar-refractivity contribution in [3.63, 3.8) is 0 Å². The molecule has 0 aliphatic heterocycles. The van der Waals surface area contributed by atoms with Crippen LogP contribution in [0.4, 0.5) is 0 Å². The standard InChI is InChI=1S/C22H27N3O3/c1-17-24-20-7-3-4-8-21(20)25(17)15-6-14-23-22(26)9-5-16-28-19-12-10-18(27-2)11-13-19/h3-4,7-8,10-13H,5-6,9,14-16H2,1-2H3,(H,23,26). The van der Waals surface area contributed by atoms with E-state index in [1.807, 2.05) is 49.4 Å². The van der Waals surface area contributed by atoms with Crippen LogP contribution in [-0.2, 0) is 11.3 Å². The van der Waals surface area contributed by atoms with Crippen LogP contribution in [-0.4, -0.2) is 35.7 Å². The van der Waals surface area contributed by atoms with Crippen LogP contribution in [0.2, 0.25) is 0 Å². The molecule has 0 radical (unpaired) electrons. The maximum atomic E-state index is 12.0. The third-order valence-electron chi connectivity index (χ3n) is 4.60. The van der Waals surface area contributed by atoms with Crippen molar-refractivity contribution in [1.82, 2.24) is 14.9 Å². The van der Waals surface area contributed by atoms with Crippen LogP contribution in [0, 0.1) is 6.92 Å². The molecule has 1 N–H and O–H groups in total. The molecule has 6 nitrogen and oxygen atoms in total. The van der Waals surface area contributed by atoms with Gasteiger partial charge in [0.15, 0.2) is 0 Å². The fourth-order valence-corrected chi connectivity index (χ4v) is 3.13. The number of fused-ring (bicyclic) bond motifs is 1. The highest BCUT2D eigenvalue weighted by atomic mass is 16.5. The Hall–Kier alpha value is -3.02. The summed E-state index contributed by atoms with van der Waals surface area (Å²) >= 11 is 0. The number of imidazole rings is 1. The summed E-state index contributed by atoms with van der Waals surface area (Å²) in [5.41, 5.74) is 2.16. The minimum absolute atomic E-state index is 0.0607. The summed E-state index contributed by atoms with van der Waals surface area (Å²) in [7, 11) is 1.63. The van der Waals surface area contributed by atoms with E-state index in [1.165, 1.54) is 0 Å². The number of rotatable bonds is 10. The van der Waals surface area contributed by atoms with Gasteiger partial charge < -0.3 is 19.4 Å². The maximum absolute atomic E-state index is 12.0. The summed E-state index contributed by atoms with van der Waals surface area (Å²) < 4.78 is 12.9. The van der Waals surface area contributed by atoms with E-state index in [0.29, 0.717) is 26.0 Å². The molecule has 2 aromatic carbocycles. The highest BCUT2D eigenvalue weighted by Gasteiger charge is 2.06. The lowest BCUT2D eigenvalue weighted by Crippen LogP contribution is -2.25. The number of carbonyl (C=O) groups excluding carboxylic acids is 1. The summed E-state index contributed by atoms with van der Waals surface area (Å²) in [5, 5.41) is 2.98. The predicted octanol–water partition coefficient (Wildman–Crippen LogP) is 3.72. The number of aryl methyl sites for hydroxylation is 2. The van der Waals surface area contributed by atoms with Crippen LogP contribution in [0.5, 0.6) is 11.5 Å². The topological polar surface area (TPSA) is 65.4 Å². The molecule has 1 heterocycles. The summed E-state index contributed by atoms with van der Waals surface area (Å²) in [6, 6.07) is 15.6. The minimum atomic E-state index is 0.0607. The fraction of sp³-hybridized carbons (Fsp3) is 0.364. The molecule has 6 heteroatoms. The van der Waals surface area contributed by atoms with Gasteiger partial charge in [-0.3, -0.25) is 4.79 Å². The third-order valence-corrected chi connectivity index (χ3v) is 4.60. The number of benzene rings is 2. The van der Waals surface area contributed by atoms with Crippen molar-refractivity contribution < 1.29 is 14.3 Å². The van der Waals surface area contributed by atoms with E-state index in [9.17, 15) is 4.79 Å². The van der Waals surface area contributed by atoms with E-state index in [2.05, 4.69) is 20.9 Å². The monoisotopic (exact) mass is 381 g/mol. The van der Waals surface area contributed by atoms with Gasteiger partial charge in [0.2, 0.25) is 5.91 Å². The van der Waals surface area contributed by atoms with Crippen molar-refractivity contribution in [3.05, 3.63) is 54.4 Å². The van der Waals surface area contributed by atoms with Crippen LogP contribution >= 0.6 is 0 Å². The Balaban J connectivity index is 1.31. The molecule has 0 aliphatic rings. The highest BCUT2D eigenvalue weighted by Crippen LogP contribution is 2.17. The summed E-state index contributed by atoms with van der Waals surface area (Å²) in [5.74, 6) is 2.64. The number of hydrogen-bond acceptors (Lipinski definition) is 4. The summed E-state index contributed by atoms with van der Waals surface area (Å²) in [6.45, 7) is 4.03. The zero-order valence-electron chi connectivity index (χ0n) is 16.5. The van der Waals surface area contributed by atoms with E-state index in [0.717, 1.165) is 41.3 Å². The summed E-state index contributed by atoms with van der Waals surface area (Å²) in [4.78, 5) is 16.5. The molecule has 28 heavy (non-hydrogen) atoms. The molecule has 3 aromatic rings. The molecule has 148 valence electrons. The average Bonchev–Trinajstić information content (AvgIpc) is 3.04. The smallest absolute Gasteiger partial charge is 0.220 e. The molecular formula is C22H27N3O3. The zero-order chi connectivity index (χ0) is 19.8. The molecule has 0 spiro atoms. The van der Waals surface area contributed by atoms with Crippen molar-refractivity contribution in [2.45, 2.75) is 32.7 Å². The summed E-state index contributed by atoms with van der Waals surface area (Å²) in [6.07, 6.45) is 2.02. The lowest BCUT2D eigenvalue weighted by atomic mass is 10.3. The Kier molecular flexibility index (Phi) is 6.89. The van der Waals surface area contributed by atoms with Gasteiger partial charge >= 0.3 is 0 Å². The molecule has 1 aromatic heterocycles. The molecule has 0 aliphatic carbocycles. The van der Waals surface area contributed by atoms with E-state index >= 15 is 0 Å². The molecule has 0 saturated heterocycles. The van der Waals surface area contributed by atoms with Gasteiger partial charge in [0.1, 0.15) is 17.3 Å². The Bertz CT molecular complexity index is 903. The van der Waals surface area contributed by atoms with E-state index in [4.69, 9.17) is 9.47 Å². The SMILES string of the molecule is COc1ccc(OCCCC(=O)NCCCn2c(C)nc3ccccc32)cc1. The van der Waals surface area contributed by atoms with Crippen LogP contribution < -0.4 is 14.8 Å². The first-order chi connectivity index (χ1) is 13.7. The number of nitrogens with zero attached hydrogens (tertiary/aromatic N) is 2. The molecule has 0 bridgehead atoms. The molecular weight excluding hydrogens is 354 g/mol. The van der Waals surface area contributed by atoms with Crippen molar-refractivity contribution in [2.24, 2.45) is 0 Å². The van der Waals surface area contributed by atoms with E-state index in [-0.39, 0.29) is 5.91 Å². The normalized spacial score (nSPS) is 10.8. The van der Waals surface area contributed by atoms with Crippen molar-refractivity contribution in [3.8, 4) is 11.5 Å². The first-order valence-corrected chi connectivity index (χ1v) is 9.63. The Morgan fingerprint density at radius 1 is 1.07 bits per heavy atom. The van der Waals surface area contributed by atoms with E-state index < -0.39 is 0 Å². The zero-order valence-corrected chi connectivity index (χ0v) is 16.5. The molecule has 3 rings (SSSR count). The first-order valence-electron chi connectivity index (χ1n) is 9.63. The van der Waals surface area contributed by atoms with Crippen molar-refractivity contribution >= 4 is 16.9 Å². The molecule has 0 saturated carbocycles. The Morgan fingerprint density at radius 2 is 1.82 bits per heavy atom. The van der Waals surface area contributed by atoms with E-state index in [1.54, 1.807) is 7.11 Å². The number of aromatic nitrogens is 2. The Labute approximate surface area is 165 Å². The second kappa shape index (κ2) is 9.78. The predicted molar refractivity (Wildman–Crippen MR) is 110 cm³/mol. The van der Waals surface area contributed by atoms with Gasteiger partial charge in [-0.05, 0) is 56.2 Å². The van der Waals surface area contributed by atoms with Crippen LogP contribution in [0.1, 0.15) is 25.1 Å². The van der Waals surface area contributed by atoms with Gasteiger partial charge in [0, 0.05) is 19.5 Å². The highest BCUT2D eigenvalue weighted by molar-refractivity contribution is 5.76. The van der Waals surface area contributed by atoms with Crippen LogP contribution in [0.25, 0.3) is 11.0 Å². The minimum Gasteiger partial charge on any atom is -0.497 e. The number of ether oxygens (including phenoxy) is 2. The number of methoxy groups -OCH3 is 1. The van der Waals surface area contributed by atoms with Crippen molar-refractivity contribution in [1.29, 1.82) is 0 Å². The number of amides is 1. The molecule has 0 fully saturated rings. The van der Waals surface area contributed by atoms with Gasteiger partial charge in [0.05, 0.1) is 24.8 Å². The molecule has 0 unspecified atom stereocenters. The number of carbonyl (C=O) groups is 1. The second-order valence-electron chi connectivity index (χ2n) is 6.63. The fourth-order valence-electron chi connectivity index (χ4n) is 3.13. The molecule has 1 amide bonds. The van der Waals surface area contributed by atoms with Gasteiger partial charge in [0.25, 0.3) is 0 Å². The van der Waals surface area contributed by atoms with Crippen molar-refractivity contribution in [2.75, 3.05) is 20.3 Å². The molecule has 0 atom stereocenters. The lowest BCUT2D eigenvalue weighted by Gasteiger charge is -2.09. The maximum Gasteiger partial charge on any atom is 0.220 e. The van der Waals surface area contributed by atoms with Gasteiger partial charge in [-0.25, -0.2) is 4.98 Å². The van der Waals surface area contributed by atoms with Gasteiger partial charge in [-0.15, -0.1) is 0 Å². The number of hydrogen-bond donors (Lipinski definition) is 1. The quantitative estimate of drug-likeness (QED) is 0.544. The number of para-hydroxylation sites is 2. The first kappa shape index (κ1) is 19.7. The van der Waals surface area contributed by atoms with Gasteiger partial charge in [-0.1, -0.05) is 12.1 Å². The third kappa shape index (κ3) is 5.25. The lowest BCUT2D eigenvalue weighted by molar-refractivity contribution is -0.121.